The highest BCUT2D eigenvalue weighted by Crippen LogP contribution is 2.32. The van der Waals surface area contributed by atoms with Crippen LogP contribution in [0.1, 0.15) is 22.5 Å². The Bertz CT molecular complexity index is 1260. The van der Waals surface area contributed by atoms with E-state index in [1.807, 2.05) is 0 Å². The lowest BCUT2D eigenvalue weighted by Gasteiger charge is -2.22. The molecule has 0 N–H and O–H groups in total. The van der Waals surface area contributed by atoms with Gasteiger partial charge in [-0.05, 0) is 24.6 Å². The fraction of sp³-hybridized carbons (Fsp3) is 0.318. The van der Waals surface area contributed by atoms with Crippen molar-refractivity contribution in [2.45, 2.75) is 38.0 Å². The molecule has 4 heterocycles. The number of halogens is 3. The van der Waals surface area contributed by atoms with Crippen molar-refractivity contribution in [2.24, 2.45) is 0 Å². The number of rotatable bonds is 5. The van der Waals surface area contributed by atoms with Gasteiger partial charge in [0.2, 0.25) is 0 Å². The molecule has 0 saturated carbocycles. The third kappa shape index (κ3) is 4.24. The first-order valence-electron chi connectivity index (χ1n) is 10.5. The molecule has 1 fully saturated rings. The summed E-state index contributed by atoms with van der Waals surface area (Å²) in [4.78, 5) is 21.0. The van der Waals surface area contributed by atoms with E-state index in [-0.39, 0.29) is 29.4 Å². The topological polar surface area (TPSA) is 100 Å². The Hall–Kier alpha value is -4.14. The highest BCUT2D eigenvalue weighted by Gasteiger charge is 2.41. The average Bonchev–Trinajstić information content (AvgIpc) is 3.52. The molecule has 0 radical (unpaired) electrons. The molecule has 12 heteroatoms. The number of carbonyl (C=O) groups is 1. The number of likely N-dealkylation sites (tertiary alicyclic amines) is 1. The van der Waals surface area contributed by atoms with Crippen molar-refractivity contribution in [3.05, 3.63) is 60.0 Å². The van der Waals surface area contributed by atoms with E-state index in [2.05, 4.69) is 26.2 Å². The highest BCUT2D eigenvalue weighted by molar-refractivity contribution is 5.97. The number of fused-ring (bicyclic) bond motifs is 1. The van der Waals surface area contributed by atoms with E-state index in [4.69, 9.17) is 0 Å². The Morgan fingerprint density at radius 2 is 2.09 bits per heavy atom. The number of pyridine rings is 1. The van der Waals surface area contributed by atoms with Crippen molar-refractivity contribution in [2.75, 3.05) is 6.54 Å². The van der Waals surface area contributed by atoms with Crippen LogP contribution in [0.25, 0.3) is 11.3 Å². The minimum Gasteiger partial charge on any atom is -0.406 e. The molecule has 2 atom stereocenters. The van der Waals surface area contributed by atoms with Crippen molar-refractivity contribution < 1.29 is 22.7 Å². The van der Waals surface area contributed by atoms with Gasteiger partial charge in [-0.3, -0.25) is 9.48 Å². The lowest BCUT2D eigenvalue weighted by molar-refractivity contribution is -0.274. The number of ether oxygens (including phenoxy) is 1. The minimum atomic E-state index is -4.80. The molecule has 2 aliphatic rings. The van der Waals surface area contributed by atoms with Gasteiger partial charge in [0.25, 0.3) is 5.91 Å². The van der Waals surface area contributed by atoms with E-state index in [0.29, 0.717) is 37.3 Å². The zero-order valence-electron chi connectivity index (χ0n) is 17.7. The van der Waals surface area contributed by atoms with Gasteiger partial charge in [0.05, 0.1) is 30.5 Å². The molecule has 1 saturated heterocycles. The molecule has 1 aromatic carbocycles. The number of alkyl halides is 3. The molecule has 3 aromatic rings. The van der Waals surface area contributed by atoms with Crippen molar-refractivity contribution in [1.29, 1.82) is 5.26 Å². The number of hydrogen-bond donors (Lipinski definition) is 0. The first kappa shape index (κ1) is 21.7. The molecule has 34 heavy (non-hydrogen) atoms. The summed E-state index contributed by atoms with van der Waals surface area (Å²) in [6.45, 7) is 1.25. The summed E-state index contributed by atoms with van der Waals surface area (Å²) in [5.41, 5.74) is 1.78. The van der Waals surface area contributed by atoms with Crippen molar-refractivity contribution in [1.82, 2.24) is 29.8 Å². The van der Waals surface area contributed by atoms with Crippen molar-refractivity contribution in [3.63, 3.8) is 0 Å². The van der Waals surface area contributed by atoms with Crippen molar-refractivity contribution in [3.8, 4) is 23.2 Å². The monoisotopic (exact) mass is 469 g/mol. The predicted octanol–water partition coefficient (Wildman–Crippen LogP) is 2.82. The van der Waals surface area contributed by atoms with Gasteiger partial charge in [-0.25, -0.2) is 4.98 Å². The Balaban J connectivity index is 1.34. The molecule has 9 nitrogen and oxygen atoms in total. The highest BCUT2D eigenvalue weighted by atomic mass is 19.4. The standard InChI is InChI=1S/C22H18F3N7O2/c23-22(24,25)34-18-3-1-2-14(8-18)19-5-4-15-10-32(21(33)20(15)28-19)17-9-16(30(11-17)13-26)12-31-7-6-27-29-31/h1-8,16-17H,9-12H2/t16-,17+/m0/s1. The molecular formula is C22H18F3N7O2. The number of amides is 1. The lowest BCUT2D eigenvalue weighted by Crippen LogP contribution is -2.37. The maximum Gasteiger partial charge on any atom is 0.573 e. The van der Waals surface area contributed by atoms with Gasteiger partial charge in [-0.1, -0.05) is 23.4 Å². The third-order valence-corrected chi connectivity index (χ3v) is 5.98. The van der Waals surface area contributed by atoms with Crippen LogP contribution in [0, 0.1) is 11.5 Å². The number of hydrogen-bond acceptors (Lipinski definition) is 7. The molecule has 0 spiro atoms. The predicted molar refractivity (Wildman–Crippen MR) is 111 cm³/mol. The smallest absolute Gasteiger partial charge is 0.406 e. The van der Waals surface area contributed by atoms with Crippen LogP contribution >= 0.6 is 0 Å². The van der Waals surface area contributed by atoms with Crippen LogP contribution in [0.5, 0.6) is 5.75 Å². The first-order valence-corrected chi connectivity index (χ1v) is 10.5. The van der Waals surface area contributed by atoms with Gasteiger partial charge in [-0.15, -0.1) is 18.3 Å². The van der Waals surface area contributed by atoms with Crippen LogP contribution in [0.4, 0.5) is 13.2 Å². The number of carbonyl (C=O) groups excluding carboxylic acids is 1. The van der Waals surface area contributed by atoms with E-state index in [0.717, 1.165) is 5.56 Å². The summed E-state index contributed by atoms with van der Waals surface area (Å²) in [5, 5.41) is 17.3. The number of aromatic nitrogens is 4. The Labute approximate surface area is 192 Å². The molecule has 0 unspecified atom stereocenters. The quantitative estimate of drug-likeness (QED) is 0.530. The maximum absolute atomic E-state index is 13.2. The zero-order chi connectivity index (χ0) is 23.9. The largest absolute Gasteiger partial charge is 0.573 e. The molecule has 0 aliphatic carbocycles. The minimum absolute atomic E-state index is 0.117. The van der Waals surface area contributed by atoms with E-state index in [9.17, 15) is 23.2 Å². The Kier molecular flexibility index (Phi) is 5.31. The summed E-state index contributed by atoms with van der Waals surface area (Å²) >= 11 is 0. The molecule has 2 aromatic heterocycles. The molecular weight excluding hydrogens is 451 g/mol. The molecule has 2 aliphatic heterocycles. The van der Waals surface area contributed by atoms with Gasteiger partial charge >= 0.3 is 6.36 Å². The fourth-order valence-corrected chi connectivity index (χ4v) is 4.46. The van der Waals surface area contributed by atoms with Crippen LogP contribution in [0.2, 0.25) is 0 Å². The third-order valence-electron chi connectivity index (χ3n) is 5.98. The first-order chi connectivity index (χ1) is 16.3. The van der Waals surface area contributed by atoms with E-state index < -0.39 is 6.36 Å². The van der Waals surface area contributed by atoms with Gasteiger partial charge in [0.15, 0.2) is 6.19 Å². The van der Waals surface area contributed by atoms with Gasteiger partial charge in [-0.2, -0.15) is 5.26 Å². The Morgan fingerprint density at radius 1 is 1.24 bits per heavy atom. The summed E-state index contributed by atoms with van der Waals surface area (Å²) in [6.07, 6.45) is 1.28. The number of nitrogens with zero attached hydrogens (tertiary/aromatic N) is 7. The molecule has 174 valence electrons. The number of nitriles is 1. The van der Waals surface area contributed by atoms with Crippen LogP contribution in [-0.4, -0.2) is 60.7 Å². The van der Waals surface area contributed by atoms with E-state index >= 15 is 0 Å². The van der Waals surface area contributed by atoms with Gasteiger partial charge in [0, 0.05) is 30.4 Å². The van der Waals surface area contributed by atoms with Gasteiger partial charge < -0.3 is 14.5 Å². The molecule has 5 rings (SSSR count). The average molecular weight is 469 g/mol. The van der Waals surface area contributed by atoms with Crippen LogP contribution in [0.15, 0.2) is 48.8 Å². The second kappa shape index (κ2) is 8.33. The fourth-order valence-electron chi connectivity index (χ4n) is 4.46. The Morgan fingerprint density at radius 3 is 2.82 bits per heavy atom. The van der Waals surface area contributed by atoms with Crippen LogP contribution < -0.4 is 4.74 Å². The van der Waals surface area contributed by atoms with Crippen LogP contribution in [-0.2, 0) is 13.1 Å². The van der Waals surface area contributed by atoms with Crippen LogP contribution in [0.3, 0.4) is 0 Å². The van der Waals surface area contributed by atoms with E-state index in [1.165, 1.54) is 18.2 Å². The lowest BCUT2D eigenvalue weighted by atomic mass is 10.1. The maximum atomic E-state index is 13.2. The normalized spacial score (nSPS) is 19.9. The molecule has 0 bridgehead atoms. The van der Waals surface area contributed by atoms with E-state index in [1.54, 1.807) is 45.1 Å². The summed E-state index contributed by atoms with van der Waals surface area (Å²) in [6, 6.07) is 8.61. The summed E-state index contributed by atoms with van der Waals surface area (Å²) < 4.78 is 43.3. The molecule has 1 amide bonds. The summed E-state index contributed by atoms with van der Waals surface area (Å²) in [7, 11) is 0. The zero-order valence-corrected chi connectivity index (χ0v) is 17.7. The second-order valence-corrected chi connectivity index (χ2v) is 8.13. The van der Waals surface area contributed by atoms with Crippen molar-refractivity contribution >= 4 is 5.91 Å². The number of benzene rings is 1. The van der Waals surface area contributed by atoms with Gasteiger partial charge in [0.1, 0.15) is 11.4 Å². The SMILES string of the molecule is N#CN1C[C@H](N2Cc3ccc(-c4cccc(OC(F)(F)F)c4)nc3C2=O)C[C@H]1Cn1ccnn1. The summed E-state index contributed by atoms with van der Waals surface area (Å²) in [5.74, 6) is -0.620. The second-order valence-electron chi connectivity index (χ2n) is 8.13.